The van der Waals surface area contributed by atoms with E-state index in [0.29, 0.717) is 6.42 Å². The topological polar surface area (TPSA) is 38.3 Å². The summed E-state index contributed by atoms with van der Waals surface area (Å²) in [5.74, 6) is 0.000880. The lowest BCUT2D eigenvalue weighted by atomic mass is 9.79. The van der Waals surface area contributed by atoms with Crippen molar-refractivity contribution in [3.05, 3.63) is 0 Å². The first-order valence-electron chi connectivity index (χ1n) is 6.62. The molecule has 0 spiro atoms. The average Bonchev–Trinajstić information content (AvgIpc) is 2.25. The zero-order chi connectivity index (χ0) is 11.4. The van der Waals surface area contributed by atoms with Gasteiger partial charge in [0.2, 0.25) is 0 Å². The smallest absolute Gasteiger partial charge is 0.307 e. The van der Waals surface area contributed by atoms with E-state index in [2.05, 4.69) is 5.32 Å². The molecule has 0 amide bonds. The van der Waals surface area contributed by atoms with E-state index >= 15 is 0 Å². The Kier molecular flexibility index (Phi) is 3.85. The summed E-state index contributed by atoms with van der Waals surface area (Å²) in [6.45, 7) is 0. The molecule has 0 saturated heterocycles. The molecule has 2 aliphatic rings. The van der Waals surface area contributed by atoms with E-state index in [-0.39, 0.29) is 17.6 Å². The molecule has 2 fully saturated rings. The molecule has 2 aliphatic carbocycles. The molecule has 3 nitrogen and oxygen atoms in total. The maximum absolute atomic E-state index is 11.8. The van der Waals surface area contributed by atoms with Gasteiger partial charge in [-0.3, -0.25) is 4.79 Å². The molecule has 3 heteroatoms. The third-order valence-electron chi connectivity index (χ3n) is 4.17. The van der Waals surface area contributed by atoms with E-state index in [4.69, 9.17) is 4.74 Å². The van der Waals surface area contributed by atoms with Crippen LogP contribution in [0.1, 0.15) is 57.8 Å². The molecular formula is C13H23NO2. The van der Waals surface area contributed by atoms with E-state index < -0.39 is 0 Å². The lowest BCUT2D eigenvalue weighted by molar-refractivity contribution is -0.155. The fourth-order valence-corrected chi connectivity index (χ4v) is 2.74. The van der Waals surface area contributed by atoms with Gasteiger partial charge in [-0.1, -0.05) is 19.3 Å². The Morgan fingerprint density at radius 2 is 1.94 bits per heavy atom. The molecule has 0 aromatic carbocycles. The summed E-state index contributed by atoms with van der Waals surface area (Å²) in [6, 6.07) is 0. The van der Waals surface area contributed by atoms with Crippen LogP contribution in [0.15, 0.2) is 0 Å². The highest BCUT2D eigenvalue weighted by Gasteiger charge is 2.34. The molecule has 0 bridgehead atoms. The molecule has 0 atom stereocenters. The molecule has 16 heavy (non-hydrogen) atoms. The lowest BCUT2D eigenvalue weighted by Gasteiger charge is -2.37. The summed E-state index contributed by atoms with van der Waals surface area (Å²) in [4.78, 5) is 11.8. The van der Waals surface area contributed by atoms with Gasteiger partial charge in [-0.2, -0.15) is 0 Å². The van der Waals surface area contributed by atoms with E-state index in [0.717, 1.165) is 25.7 Å². The highest BCUT2D eigenvalue weighted by Crippen LogP contribution is 2.32. The number of rotatable bonds is 4. The van der Waals surface area contributed by atoms with Crippen LogP contribution in [0.3, 0.4) is 0 Å². The van der Waals surface area contributed by atoms with Crippen LogP contribution in [0.4, 0.5) is 0 Å². The van der Waals surface area contributed by atoms with Gasteiger partial charge in [0.15, 0.2) is 0 Å². The van der Waals surface area contributed by atoms with Crippen molar-refractivity contribution in [1.29, 1.82) is 0 Å². The predicted octanol–water partition coefficient (Wildman–Crippen LogP) is 2.39. The molecule has 2 rings (SSSR count). The zero-order valence-electron chi connectivity index (χ0n) is 10.3. The second-order valence-corrected chi connectivity index (χ2v) is 5.31. The maximum atomic E-state index is 11.8. The first-order chi connectivity index (χ1) is 7.74. The Morgan fingerprint density at radius 1 is 1.25 bits per heavy atom. The van der Waals surface area contributed by atoms with E-state index in [1.807, 2.05) is 7.05 Å². The number of ether oxygens (including phenoxy) is 1. The number of carbonyl (C=O) groups is 1. The minimum Gasteiger partial charge on any atom is -0.462 e. The summed E-state index contributed by atoms with van der Waals surface area (Å²) < 4.78 is 5.44. The summed E-state index contributed by atoms with van der Waals surface area (Å²) in [5, 5.41) is 3.36. The van der Waals surface area contributed by atoms with Crippen LogP contribution < -0.4 is 5.32 Å². The largest absolute Gasteiger partial charge is 0.462 e. The molecule has 0 aliphatic heterocycles. The minimum absolute atomic E-state index is 0.000880. The first-order valence-corrected chi connectivity index (χ1v) is 6.62. The molecule has 0 aromatic heterocycles. The Hall–Kier alpha value is -0.570. The number of hydrogen-bond donors (Lipinski definition) is 1. The molecule has 0 heterocycles. The maximum Gasteiger partial charge on any atom is 0.307 e. The van der Waals surface area contributed by atoms with Crippen molar-refractivity contribution in [2.45, 2.75) is 69.4 Å². The van der Waals surface area contributed by atoms with Crippen LogP contribution >= 0.6 is 0 Å². The SMILES string of the molecule is CNC1(CC(=O)OC2CCC2)CCCCC1. The Bertz CT molecular complexity index is 242. The van der Waals surface area contributed by atoms with Gasteiger partial charge in [-0.25, -0.2) is 0 Å². The summed E-state index contributed by atoms with van der Waals surface area (Å²) in [7, 11) is 1.97. The first kappa shape index (κ1) is 11.9. The Balaban J connectivity index is 1.82. The van der Waals surface area contributed by atoms with Gasteiger partial charge in [0.1, 0.15) is 6.10 Å². The van der Waals surface area contributed by atoms with Gasteiger partial charge in [-0.05, 0) is 39.2 Å². The monoisotopic (exact) mass is 225 g/mol. The average molecular weight is 225 g/mol. The molecule has 0 radical (unpaired) electrons. The van der Waals surface area contributed by atoms with Gasteiger partial charge in [0, 0.05) is 5.54 Å². The third kappa shape index (κ3) is 2.76. The zero-order valence-corrected chi connectivity index (χ0v) is 10.3. The van der Waals surface area contributed by atoms with Crippen molar-refractivity contribution < 1.29 is 9.53 Å². The van der Waals surface area contributed by atoms with Crippen molar-refractivity contribution in [3.8, 4) is 0 Å². The van der Waals surface area contributed by atoms with Gasteiger partial charge in [0.05, 0.1) is 6.42 Å². The fourth-order valence-electron chi connectivity index (χ4n) is 2.74. The van der Waals surface area contributed by atoms with E-state index in [1.54, 1.807) is 0 Å². The third-order valence-corrected chi connectivity index (χ3v) is 4.17. The van der Waals surface area contributed by atoms with Gasteiger partial charge < -0.3 is 10.1 Å². The normalized spacial score (nSPS) is 24.8. The van der Waals surface area contributed by atoms with Crippen molar-refractivity contribution in [2.75, 3.05) is 7.05 Å². The number of nitrogens with one attached hydrogen (secondary N) is 1. The molecule has 0 unspecified atom stereocenters. The lowest BCUT2D eigenvalue weighted by Crippen LogP contribution is -2.47. The van der Waals surface area contributed by atoms with Crippen LogP contribution in [-0.4, -0.2) is 24.7 Å². The quantitative estimate of drug-likeness (QED) is 0.747. The molecule has 92 valence electrons. The fraction of sp³-hybridized carbons (Fsp3) is 0.923. The van der Waals surface area contributed by atoms with Gasteiger partial charge in [0.25, 0.3) is 0 Å². The molecular weight excluding hydrogens is 202 g/mol. The van der Waals surface area contributed by atoms with Crippen molar-refractivity contribution in [2.24, 2.45) is 0 Å². The predicted molar refractivity (Wildman–Crippen MR) is 63.2 cm³/mol. The summed E-state index contributed by atoms with van der Waals surface area (Å²) in [6.07, 6.45) is 10.1. The molecule has 2 saturated carbocycles. The van der Waals surface area contributed by atoms with Crippen molar-refractivity contribution >= 4 is 5.97 Å². The standard InChI is InChI=1S/C13H23NO2/c1-14-13(8-3-2-4-9-13)10-12(15)16-11-6-5-7-11/h11,14H,2-10H2,1H3. The van der Waals surface area contributed by atoms with Gasteiger partial charge >= 0.3 is 5.97 Å². The Morgan fingerprint density at radius 3 is 2.44 bits per heavy atom. The summed E-state index contributed by atoms with van der Waals surface area (Å²) in [5.41, 5.74) is 0.0269. The van der Waals surface area contributed by atoms with Crippen LogP contribution in [0.25, 0.3) is 0 Å². The van der Waals surface area contributed by atoms with Gasteiger partial charge in [-0.15, -0.1) is 0 Å². The van der Waals surface area contributed by atoms with Crippen LogP contribution in [0.2, 0.25) is 0 Å². The van der Waals surface area contributed by atoms with Crippen LogP contribution in [-0.2, 0) is 9.53 Å². The second-order valence-electron chi connectivity index (χ2n) is 5.31. The summed E-state index contributed by atoms with van der Waals surface area (Å²) >= 11 is 0. The highest BCUT2D eigenvalue weighted by atomic mass is 16.5. The van der Waals surface area contributed by atoms with E-state index in [1.165, 1.54) is 25.7 Å². The Labute approximate surface area is 97.9 Å². The minimum atomic E-state index is 0.000880. The number of hydrogen-bond acceptors (Lipinski definition) is 3. The van der Waals surface area contributed by atoms with Crippen LogP contribution in [0, 0.1) is 0 Å². The molecule has 1 N–H and O–H groups in total. The number of esters is 1. The second kappa shape index (κ2) is 5.17. The van der Waals surface area contributed by atoms with E-state index in [9.17, 15) is 4.79 Å². The highest BCUT2D eigenvalue weighted by molar-refractivity contribution is 5.71. The molecule has 0 aromatic rings. The van der Waals surface area contributed by atoms with Crippen molar-refractivity contribution in [1.82, 2.24) is 5.32 Å². The van der Waals surface area contributed by atoms with Crippen molar-refractivity contribution in [3.63, 3.8) is 0 Å². The van der Waals surface area contributed by atoms with Crippen LogP contribution in [0.5, 0.6) is 0 Å². The number of carbonyl (C=O) groups excluding carboxylic acids is 1.